The van der Waals surface area contributed by atoms with Crippen molar-refractivity contribution in [2.75, 3.05) is 23.4 Å². The van der Waals surface area contributed by atoms with Crippen molar-refractivity contribution in [3.63, 3.8) is 0 Å². The minimum Gasteiger partial charge on any atom is -0.480 e. The number of hydrogen-bond donors (Lipinski definition) is 4. The van der Waals surface area contributed by atoms with E-state index in [0.717, 1.165) is 48.4 Å². The van der Waals surface area contributed by atoms with Crippen LogP contribution in [-0.2, 0) is 23.1 Å². The highest BCUT2D eigenvalue weighted by molar-refractivity contribution is 5.78. The highest BCUT2D eigenvalue weighted by atomic mass is 16.5. The van der Waals surface area contributed by atoms with Crippen LogP contribution in [0.4, 0.5) is 11.4 Å². The fraction of sp³-hybridized carbons (Fsp3) is 0.520. The number of rotatable bonds is 8. The molecular formula is C25H34N4O5. The van der Waals surface area contributed by atoms with E-state index in [1.807, 2.05) is 37.4 Å². The lowest BCUT2D eigenvalue weighted by atomic mass is 10.1. The van der Waals surface area contributed by atoms with Crippen molar-refractivity contribution in [1.82, 2.24) is 9.88 Å². The number of nitrogens with zero attached hydrogens (tertiary/aromatic N) is 2. The molecule has 0 radical (unpaired) electrons. The molecule has 0 aliphatic carbocycles. The first kappa shape index (κ1) is 24.3. The number of ether oxygens (including phenoxy) is 1. The molecule has 0 saturated carbocycles. The van der Waals surface area contributed by atoms with Crippen LogP contribution in [-0.4, -0.2) is 52.2 Å². The summed E-state index contributed by atoms with van der Waals surface area (Å²) in [6, 6.07) is 6.88. The quantitative estimate of drug-likeness (QED) is 0.464. The van der Waals surface area contributed by atoms with Gasteiger partial charge in [-0.05, 0) is 56.9 Å². The zero-order valence-electron chi connectivity index (χ0n) is 20.0. The first-order chi connectivity index (χ1) is 16.2. The van der Waals surface area contributed by atoms with Crippen LogP contribution in [0.1, 0.15) is 49.0 Å². The van der Waals surface area contributed by atoms with E-state index in [0.29, 0.717) is 18.7 Å². The number of pyridine rings is 1. The second-order valence-corrected chi connectivity index (χ2v) is 9.35. The van der Waals surface area contributed by atoms with E-state index in [-0.39, 0.29) is 17.8 Å². The van der Waals surface area contributed by atoms with E-state index in [1.54, 1.807) is 11.6 Å². The maximum Gasteiger partial charge on any atom is 0.323 e. The summed E-state index contributed by atoms with van der Waals surface area (Å²) in [7, 11) is 1.76. The number of carboxylic acid groups (broad SMARTS) is 1. The molecule has 2 aliphatic heterocycles. The molecule has 2 aromatic rings. The van der Waals surface area contributed by atoms with Gasteiger partial charge in [-0.2, -0.15) is 0 Å². The van der Waals surface area contributed by atoms with Gasteiger partial charge in [-0.25, -0.2) is 0 Å². The fourth-order valence-electron chi connectivity index (χ4n) is 4.80. The zero-order valence-corrected chi connectivity index (χ0v) is 20.0. The van der Waals surface area contributed by atoms with Crippen LogP contribution < -0.4 is 21.1 Å². The molecule has 9 nitrogen and oxygen atoms in total. The smallest absolute Gasteiger partial charge is 0.323 e. The summed E-state index contributed by atoms with van der Waals surface area (Å²) in [5.41, 5.74) is 4.57. The molecule has 4 rings (SSSR count). The van der Waals surface area contributed by atoms with Gasteiger partial charge in [0.05, 0.1) is 23.6 Å². The maximum absolute atomic E-state index is 12.3. The average molecular weight is 471 g/mol. The van der Waals surface area contributed by atoms with Crippen molar-refractivity contribution in [3.05, 3.63) is 57.5 Å². The summed E-state index contributed by atoms with van der Waals surface area (Å²) in [6.07, 6.45) is 4.05. The molecule has 4 N–H and O–H groups in total. The van der Waals surface area contributed by atoms with Gasteiger partial charge in [-0.1, -0.05) is 6.07 Å². The summed E-state index contributed by atoms with van der Waals surface area (Å²) in [6.45, 7) is 5.07. The van der Waals surface area contributed by atoms with Crippen molar-refractivity contribution in [2.45, 2.75) is 64.1 Å². The highest BCUT2D eigenvalue weighted by Crippen LogP contribution is 2.42. The largest absolute Gasteiger partial charge is 0.480 e. The molecular weight excluding hydrogens is 436 g/mol. The van der Waals surface area contributed by atoms with Gasteiger partial charge < -0.3 is 29.7 Å². The van der Waals surface area contributed by atoms with Crippen molar-refractivity contribution in [3.8, 4) is 0 Å². The van der Waals surface area contributed by atoms with Crippen molar-refractivity contribution < 1.29 is 19.7 Å². The van der Waals surface area contributed by atoms with E-state index in [9.17, 15) is 19.8 Å². The van der Waals surface area contributed by atoms with Crippen LogP contribution in [0.15, 0.2) is 35.3 Å². The van der Waals surface area contributed by atoms with Gasteiger partial charge in [-0.15, -0.1) is 0 Å². The van der Waals surface area contributed by atoms with E-state index in [2.05, 4.69) is 15.5 Å². The maximum atomic E-state index is 12.3. The van der Waals surface area contributed by atoms with Gasteiger partial charge in [0.1, 0.15) is 12.2 Å². The standard InChI is InChI=1S/C25H34N4O5/c1-15-10-18(13-28(3)24(15)31)23-27-20-8-7-17(12-26-22(16(2)30)25(32)33)11-21(20)29(23)14-19-6-4-5-9-34-19/h7-8,10-11,13,16,19,22-23,26-27,30H,4-6,9,12,14H2,1-3H3,(H,32,33)/t16-,19?,22+,23?/m1/s1. The molecule has 184 valence electrons. The molecule has 2 aliphatic rings. The normalized spacial score (nSPS) is 21.6. The molecule has 0 amide bonds. The number of aromatic nitrogens is 1. The molecule has 1 aromatic carbocycles. The van der Waals surface area contributed by atoms with Crippen LogP contribution in [0.3, 0.4) is 0 Å². The Morgan fingerprint density at radius 3 is 2.76 bits per heavy atom. The predicted octanol–water partition coefficient (Wildman–Crippen LogP) is 2.12. The minimum atomic E-state index is -1.08. The number of carbonyl (C=O) groups is 1. The van der Waals surface area contributed by atoms with Crippen LogP contribution in [0.5, 0.6) is 0 Å². The summed E-state index contributed by atoms with van der Waals surface area (Å²) in [5.74, 6) is -1.08. The fourth-order valence-corrected chi connectivity index (χ4v) is 4.80. The number of carboxylic acids is 1. The van der Waals surface area contributed by atoms with Gasteiger partial charge in [-0.3, -0.25) is 14.9 Å². The molecule has 1 aromatic heterocycles. The Bertz CT molecular complexity index is 1070. The van der Waals surface area contributed by atoms with Crippen LogP contribution in [0.2, 0.25) is 0 Å². The third kappa shape index (κ3) is 5.11. The third-order valence-corrected chi connectivity index (χ3v) is 6.62. The Labute approximate surface area is 199 Å². The summed E-state index contributed by atoms with van der Waals surface area (Å²) >= 11 is 0. The Kier molecular flexibility index (Phi) is 7.25. The molecule has 4 atom stereocenters. The minimum absolute atomic E-state index is 0.0131. The lowest BCUT2D eigenvalue weighted by Gasteiger charge is -2.33. The van der Waals surface area contributed by atoms with E-state index in [4.69, 9.17) is 4.74 Å². The molecule has 1 saturated heterocycles. The molecule has 34 heavy (non-hydrogen) atoms. The summed E-state index contributed by atoms with van der Waals surface area (Å²) in [5, 5.41) is 25.6. The second-order valence-electron chi connectivity index (χ2n) is 9.35. The number of aliphatic hydroxyl groups excluding tert-OH is 1. The number of aliphatic hydroxyl groups is 1. The average Bonchev–Trinajstić information content (AvgIpc) is 3.15. The Balaban J connectivity index is 1.63. The van der Waals surface area contributed by atoms with Crippen LogP contribution >= 0.6 is 0 Å². The Hall–Kier alpha value is -2.88. The van der Waals surface area contributed by atoms with Gasteiger partial charge in [0.2, 0.25) is 0 Å². The zero-order chi connectivity index (χ0) is 24.4. The molecule has 0 spiro atoms. The summed E-state index contributed by atoms with van der Waals surface area (Å²) < 4.78 is 7.65. The van der Waals surface area contributed by atoms with Gasteiger partial charge >= 0.3 is 5.97 Å². The second kappa shape index (κ2) is 10.2. The van der Waals surface area contributed by atoms with Crippen molar-refractivity contribution >= 4 is 17.3 Å². The number of nitrogens with one attached hydrogen (secondary N) is 2. The SMILES string of the molecule is Cc1cc(C2Nc3ccc(CN[C@H](C(=O)O)[C@@H](C)O)cc3N2CC2CCCCO2)cn(C)c1=O. The van der Waals surface area contributed by atoms with Crippen LogP contribution in [0, 0.1) is 6.92 Å². The topological polar surface area (TPSA) is 116 Å². The van der Waals surface area contributed by atoms with Crippen molar-refractivity contribution in [2.24, 2.45) is 7.05 Å². The predicted molar refractivity (Wildman–Crippen MR) is 130 cm³/mol. The van der Waals surface area contributed by atoms with E-state index in [1.165, 1.54) is 6.92 Å². The van der Waals surface area contributed by atoms with Crippen molar-refractivity contribution in [1.29, 1.82) is 0 Å². The first-order valence-electron chi connectivity index (χ1n) is 11.8. The Morgan fingerprint density at radius 1 is 1.32 bits per heavy atom. The van der Waals surface area contributed by atoms with Gasteiger partial charge in [0.15, 0.2) is 0 Å². The molecule has 2 unspecified atom stereocenters. The lowest BCUT2D eigenvalue weighted by molar-refractivity contribution is -0.142. The molecule has 9 heteroatoms. The monoisotopic (exact) mass is 470 g/mol. The number of hydrogen-bond acceptors (Lipinski definition) is 7. The number of benzene rings is 1. The van der Waals surface area contributed by atoms with Gasteiger partial charge in [0, 0.05) is 44.1 Å². The van der Waals surface area contributed by atoms with E-state index >= 15 is 0 Å². The van der Waals surface area contributed by atoms with Crippen LogP contribution in [0.25, 0.3) is 0 Å². The number of aliphatic carboxylic acids is 1. The molecule has 0 bridgehead atoms. The highest BCUT2D eigenvalue weighted by Gasteiger charge is 2.33. The lowest BCUT2D eigenvalue weighted by Crippen LogP contribution is -2.44. The number of anilines is 2. The van der Waals surface area contributed by atoms with Gasteiger partial charge in [0.25, 0.3) is 5.56 Å². The summed E-state index contributed by atoms with van der Waals surface area (Å²) in [4.78, 5) is 26.0. The number of aryl methyl sites for hydroxylation is 2. The first-order valence-corrected chi connectivity index (χ1v) is 11.8. The third-order valence-electron chi connectivity index (χ3n) is 6.62. The Morgan fingerprint density at radius 2 is 2.12 bits per heavy atom. The molecule has 3 heterocycles. The van der Waals surface area contributed by atoms with E-state index < -0.39 is 18.1 Å². The number of fused-ring (bicyclic) bond motifs is 1. The molecule has 1 fully saturated rings.